The van der Waals surface area contributed by atoms with Crippen LogP contribution in [0.25, 0.3) is 0 Å². The van der Waals surface area contributed by atoms with E-state index in [1.54, 1.807) is 37.4 Å². The molecule has 5 nitrogen and oxygen atoms in total. The van der Waals surface area contributed by atoms with Crippen molar-refractivity contribution in [3.63, 3.8) is 0 Å². The quantitative estimate of drug-likeness (QED) is 0.614. The smallest absolute Gasteiger partial charge is 0.275 e. The Kier molecular flexibility index (Phi) is 5.03. The number of benzene rings is 2. The van der Waals surface area contributed by atoms with Crippen LogP contribution in [-0.2, 0) is 6.54 Å². The molecule has 2 rings (SSSR count). The van der Waals surface area contributed by atoms with Crippen LogP contribution >= 0.6 is 27.5 Å². The fourth-order valence-electron chi connectivity index (χ4n) is 1.87. The topological polar surface area (TPSA) is 64.4 Å². The first kappa shape index (κ1) is 15.6. The van der Waals surface area contributed by atoms with E-state index in [1.807, 2.05) is 0 Å². The Morgan fingerprint density at radius 1 is 1.33 bits per heavy atom. The normalized spacial score (nSPS) is 10.2. The summed E-state index contributed by atoms with van der Waals surface area (Å²) in [5.74, 6) is 0.624. The predicted octanol–water partition coefficient (Wildman–Crippen LogP) is 4.63. The highest BCUT2D eigenvalue weighted by Crippen LogP contribution is 2.29. The molecule has 0 radical (unpaired) electrons. The molecular weight excluding hydrogens is 360 g/mol. The van der Waals surface area contributed by atoms with Gasteiger partial charge in [0.05, 0.1) is 17.7 Å². The van der Waals surface area contributed by atoms with E-state index < -0.39 is 4.92 Å². The molecular formula is C14H12BrClN2O3. The average molecular weight is 372 g/mol. The zero-order valence-electron chi connectivity index (χ0n) is 11.1. The van der Waals surface area contributed by atoms with E-state index in [9.17, 15) is 10.1 Å². The highest BCUT2D eigenvalue weighted by molar-refractivity contribution is 9.10. The number of hydrogen-bond donors (Lipinski definition) is 1. The number of anilines is 1. The Bertz CT molecular complexity index is 679. The van der Waals surface area contributed by atoms with E-state index in [2.05, 4.69) is 21.2 Å². The number of halogens is 2. The monoisotopic (exact) mass is 370 g/mol. The number of ether oxygens (including phenoxy) is 1. The molecule has 0 aliphatic rings. The number of nitro benzene ring substituents is 1. The van der Waals surface area contributed by atoms with Crippen LogP contribution in [0.1, 0.15) is 5.56 Å². The predicted molar refractivity (Wildman–Crippen MR) is 86.1 cm³/mol. The maximum atomic E-state index is 11.1. The van der Waals surface area contributed by atoms with Gasteiger partial charge in [-0.2, -0.15) is 0 Å². The molecule has 2 aromatic carbocycles. The minimum absolute atomic E-state index is 0.0536. The van der Waals surface area contributed by atoms with Crippen molar-refractivity contribution in [1.29, 1.82) is 0 Å². The van der Waals surface area contributed by atoms with Gasteiger partial charge >= 0.3 is 0 Å². The summed E-state index contributed by atoms with van der Waals surface area (Å²) in [4.78, 5) is 10.7. The molecule has 0 heterocycles. The molecule has 0 unspecified atom stereocenters. The van der Waals surface area contributed by atoms with Crippen LogP contribution in [0, 0.1) is 10.1 Å². The largest absolute Gasteiger partial charge is 0.495 e. The van der Waals surface area contributed by atoms with Crippen LogP contribution in [-0.4, -0.2) is 12.0 Å². The van der Waals surface area contributed by atoms with E-state index in [4.69, 9.17) is 16.3 Å². The van der Waals surface area contributed by atoms with Gasteiger partial charge in [0.15, 0.2) is 0 Å². The zero-order chi connectivity index (χ0) is 15.4. The molecule has 0 atom stereocenters. The molecule has 0 aromatic heterocycles. The van der Waals surface area contributed by atoms with Crippen molar-refractivity contribution < 1.29 is 9.66 Å². The first-order chi connectivity index (χ1) is 10.0. The summed E-state index contributed by atoms with van der Waals surface area (Å²) in [7, 11) is 1.55. The number of nitrogens with one attached hydrogen (secondary N) is 1. The Morgan fingerprint density at radius 3 is 2.76 bits per heavy atom. The summed E-state index contributed by atoms with van der Waals surface area (Å²) in [6.45, 7) is 0.292. The molecule has 0 fully saturated rings. The molecule has 110 valence electrons. The van der Waals surface area contributed by atoms with Gasteiger partial charge in [-0.3, -0.25) is 10.1 Å². The summed E-state index contributed by atoms with van der Waals surface area (Å²) in [5.41, 5.74) is 1.31. The van der Waals surface area contributed by atoms with Crippen LogP contribution in [0.5, 0.6) is 5.75 Å². The lowest BCUT2D eigenvalue weighted by Crippen LogP contribution is -2.04. The number of nitro groups is 1. The SMILES string of the molecule is COc1ccc(Cl)cc1NCc1ccc(Br)cc1[N+](=O)[O-]. The molecule has 0 saturated carbocycles. The van der Waals surface area contributed by atoms with Gasteiger partial charge in [0.2, 0.25) is 0 Å². The molecule has 0 aliphatic carbocycles. The third kappa shape index (κ3) is 3.86. The summed E-state index contributed by atoms with van der Waals surface area (Å²) >= 11 is 9.18. The van der Waals surface area contributed by atoms with Gasteiger partial charge in [0.25, 0.3) is 5.69 Å². The van der Waals surface area contributed by atoms with Crippen LogP contribution in [0.2, 0.25) is 5.02 Å². The van der Waals surface area contributed by atoms with Crippen molar-refractivity contribution in [2.45, 2.75) is 6.54 Å². The molecule has 2 aromatic rings. The standard InChI is InChI=1S/C14H12BrClN2O3/c1-21-14-5-4-11(16)7-12(14)17-8-9-2-3-10(15)6-13(9)18(19)20/h2-7,17H,8H2,1H3. The Labute approximate surface area is 135 Å². The highest BCUT2D eigenvalue weighted by atomic mass is 79.9. The van der Waals surface area contributed by atoms with E-state index >= 15 is 0 Å². The van der Waals surface area contributed by atoms with E-state index in [1.165, 1.54) is 6.07 Å². The third-order valence-electron chi connectivity index (χ3n) is 2.87. The second-order valence-electron chi connectivity index (χ2n) is 4.23. The Morgan fingerprint density at radius 2 is 2.10 bits per heavy atom. The molecule has 1 N–H and O–H groups in total. The van der Waals surface area contributed by atoms with E-state index in [0.717, 1.165) is 0 Å². The lowest BCUT2D eigenvalue weighted by atomic mass is 10.1. The Hall–Kier alpha value is -1.79. The highest BCUT2D eigenvalue weighted by Gasteiger charge is 2.14. The lowest BCUT2D eigenvalue weighted by molar-refractivity contribution is -0.385. The summed E-state index contributed by atoms with van der Waals surface area (Å²) < 4.78 is 5.89. The minimum Gasteiger partial charge on any atom is -0.495 e. The van der Waals surface area contributed by atoms with Crippen molar-refractivity contribution in [2.24, 2.45) is 0 Å². The fourth-order valence-corrected chi connectivity index (χ4v) is 2.39. The van der Waals surface area contributed by atoms with Crippen molar-refractivity contribution in [3.8, 4) is 5.75 Å². The summed E-state index contributed by atoms with van der Waals surface area (Å²) in [6.07, 6.45) is 0. The molecule has 7 heteroatoms. The molecule has 21 heavy (non-hydrogen) atoms. The van der Waals surface area contributed by atoms with Crippen molar-refractivity contribution in [2.75, 3.05) is 12.4 Å². The summed E-state index contributed by atoms with van der Waals surface area (Å²) in [6, 6.07) is 10.1. The van der Waals surface area contributed by atoms with Crippen LogP contribution in [0.3, 0.4) is 0 Å². The van der Waals surface area contributed by atoms with Crippen molar-refractivity contribution in [1.82, 2.24) is 0 Å². The van der Waals surface area contributed by atoms with E-state index in [0.29, 0.717) is 33.0 Å². The van der Waals surface area contributed by atoms with E-state index in [-0.39, 0.29) is 5.69 Å². The first-order valence-corrected chi connectivity index (χ1v) is 7.18. The number of nitrogens with zero attached hydrogens (tertiary/aromatic N) is 1. The average Bonchev–Trinajstić information content (AvgIpc) is 2.46. The summed E-state index contributed by atoms with van der Waals surface area (Å²) in [5, 5.41) is 14.7. The second kappa shape index (κ2) is 6.78. The maximum absolute atomic E-state index is 11.1. The molecule has 0 saturated heterocycles. The van der Waals surface area contributed by atoms with Gasteiger partial charge in [0, 0.05) is 27.7 Å². The van der Waals surface area contributed by atoms with Gasteiger partial charge in [-0.05, 0) is 30.3 Å². The first-order valence-electron chi connectivity index (χ1n) is 6.01. The van der Waals surface area contributed by atoms with Gasteiger partial charge in [-0.15, -0.1) is 0 Å². The third-order valence-corrected chi connectivity index (χ3v) is 3.60. The van der Waals surface area contributed by atoms with Crippen LogP contribution < -0.4 is 10.1 Å². The second-order valence-corrected chi connectivity index (χ2v) is 5.58. The molecule has 0 aliphatic heterocycles. The van der Waals surface area contributed by atoms with Gasteiger partial charge in [-0.1, -0.05) is 27.5 Å². The number of hydrogen-bond acceptors (Lipinski definition) is 4. The van der Waals surface area contributed by atoms with Gasteiger partial charge in [0.1, 0.15) is 5.75 Å². The van der Waals surface area contributed by atoms with Crippen molar-refractivity contribution >= 4 is 38.9 Å². The Balaban J connectivity index is 2.24. The number of rotatable bonds is 5. The zero-order valence-corrected chi connectivity index (χ0v) is 13.4. The molecule has 0 spiro atoms. The van der Waals surface area contributed by atoms with Crippen LogP contribution in [0.4, 0.5) is 11.4 Å². The molecule has 0 amide bonds. The lowest BCUT2D eigenvalue weighted by Gasteiger charge is -2.12. The van der Waals surface area contributed by atoms with Crippen LogP contribution in [0.15, 0.2) is 40.9 Å². The minimum atomic E-state index is -0.406. The van der Waals surface area contributed by atoms with Gasteiger partial charge < -0.3 is 10.1 Å². The van der Waals surface area contributed by atoms with Gasteiger partial charge in [-0.25, -0.2) is 0 Å². The molecule has 0 bridgehead atoms. The number of methoxy groups -OCH3 is 1. The van der Waals surface area contributed by atoms with Crippen molar-refractivity contribution in [3.05, 3.63) is 61.6 Å². The maximum Gasteiger partial charge on any atom is 0.275 e. The fraction of sp³-hybridized carbons (Fsp3) is 0.143.